The van der Waals surface area contributed by atoms with E-state index in [1.807, 2.05) is 13.0 Å². The van der Waals surface area contributed by atoms with Crippen molar-refractivity contribution < 1.29 is 4.74 Å². The zero-order valence-electron chi connectivity index (χ0n) is 9.46. The molecule has 0 fully saturated rings. The zero-order chi connectivity index (χ0) is 12.0. The fraction of sp³-hybridized carbons (Fsp3) is 0.545. The smallest absolute Gasteiger partial charge is 0.129 e. The molecule has 0 aliphatic heterocycles. The van der Waals surface area contributed by atoms with Crippen molar-refractivity contribution >= 4 is 33.3 Å². The van der Waals surface area contributed by atoms with Crippen LogP contribution in [0.5, 0.6) is 0 Å². The number of halogens is 2. The van der Waals surface area contributed by atoms with E-state index >= 15 is 0 Å². The van der Waals surface area contributed by atoms with Gasteiger partial charge in [0.05, 0.1) is 12.6 Å². The van der Waals surface area contributed by atoms with Crippen LogP contribution in [0.4, 0.5) is 5.82 Å². The summed E-state index contributed by atoms with van der Waals surface area (Å²) in [4.78, 5) is 4.33. The van der Waals surface area contributed by atoms with E-state index in [0.717, 1.165) is 22.3 Å². The van der Waals surface area contributed by atoms with Gasteiger partial charge in [-0.25, -0.2) is 4.98 Å². The van der Waals surface area contributed by atoms with E-state index in [1.54, 1.807) is 13.3 Å². The number of methoxy groups -OCH3 is 1. The molecule has 0 spiro atoms. The molecule has 0 bridgehead atoms. The van der Waals surface area contributed by atoms with Crippen LogP contribution in [0.15, 0.2) is 16.7 Å². The standard InChI is InChI=1S/C11H16BrClN2O/c1-8-5-9(12)6-14-11(8)15-10(3-4-13)7-16-2/h5-6,10H,3-4,7H2,1-2H3,(H,14,15). The fourth-order valence-corrected chi connectivity index (χ4v) is 2.12. The van der Waals surface area contributed by atoms with Crippen molar-refractivity contribution in [2.45, 2.75) is 19.4 Å². The van der Waals surface area contributed by atoms with Crippen LogP contribution < -0.4 is 5.32 Å². The van der Waals surface area contributed by atoms with Gasteiger partial charge in [0.1, 0.15) is 5.82 Å². The number of hydrogen-bond donors (Lipinski definition) is 1. The van der Waals surface area contributed by atoms with E-state index < -0.39 is 0 Å². The number of ether oxygens (including phenoxy) is 1. The average molecular weight is 308 g/mol. The zero-order valence-corrected chi connectivity index (χ0v) is 11.8. The molecule has 1 aromatic heterocycles. The summed E-state index contributed by atoms with van der Waals surface area (Å²) in [6, 6.07) is 2.23. The lowest BCUT2D eigenvalue weighted by atomic mass is 10.2. The largest absolute Gasteiger partial charge is 0.383 e. The van der Waals surface area contributed by atoms with Gasteiger partial charge in [-0.3, -0.25) is 0 Å². The third kappa shape index (κ3) is 4.28. The molecule has 0 aliphatic carbocycles. The van der Waals surface area contributed by atoms with E-state index in [1.165, 1.54) is 0 Å². The molecule has 1 aromatic rings. The molecule has 0 saturated heterocycles. The van der Waals surface area contributed by atoms with Gasteiger partial charge >= 0.3 is 0 Å². The molecule has 5 heteroatoms. The molecule has 0 saturated carbocycles. The molecule has 3 nitrogen and oxygen atoms in total. The van der Waals surface area contributed by atoms with Gasteiger partial charge in [0.2, 0.25) is 0 Å². The SMILES string of the molecule is COCC(CCCl)Nc1ncc(Br)cc1C. The summed E-state index contributed by atoms with van der Waals surface area (Å²) in [5, 5.41) is 3.33. The fourth-order valence-electron chi connectivity index (χ4n) is 1.42. The third-order valence-electron chi connectivity index (χ3n) is 2.21. The van der Waals surface area contributed by atoms with Gasteiger partial charge in [-0.15, -0.1) is 11.6 Å². The van der Waals surface area contributed by atoms with Crippen molar-refractivity contribution in [1.82, 2.24) is 4.98 Å². The maximum absolute atomic E-state index is 5.74. The quantitative estimate of drug-likeness (QED) is 0.820. The predicted octanol–water partition coefficient (Wildman–Crippen LogP) is 3.21. The number of rotatable bonds is 6. The van der Waals surface area contributed by atoms with E-state index in [9.17, 15) is 0 Å². The van der Waals surface area contributed by atoms with Crippen LogP contribution in [0, 0.1) is 6.92 Å². The Labute approximate surface area is 110 Å². The third-order valence-corrected chi connectivity index (χ3v) is 2.86. The molecule has 0 aliphatic rings. The summed E-state index contributed by atoms with van der Waals surface area (Å²) in [5.74, 6) is 1.49. The Hall–Kier alpha value is -0.320. The molecule has 0 aromatic carbocycles. The highest BCUT2D eigenvalue weighted by molar-refractivity contribution is 9.10. The van der Waals surface area contributed by atoms with E-state index in [2.05, 4.69) is 26.2 Å². The minimum Gasteiger partial charge on any atom is -0.383 e. The van der Waals surface area contributed by atoms with Crippen molar-refractivity contribution in [2.24, 2.45) is 0 Å². The van der Waals surface area contributed by atoms with Gasteiger partial charge in [0.25, 0.3) is 0 Å². The minimum atomic E-state index is 0.204. The van der Waals surface area contributed by atoms with Gasteiger partial charge in [0, 0.05) is 23.7 Å². The lowest BCUT2D eigenvalue weighted by Crippen LogP contribution is -2.26. The number of aryl methyl sites for hydroxylation is 1. The molecule has 0 amide bonds. The molecule has 1 atom stereocenters. The van der Waals surface area contributed by atoms with Crippen LogP contribution in [0.25, 0.3) is 0 Å². The Kier molecular flexibility index (Phi) is 6.09. The molecule has 90 valence electrons. The highest BCUT2D eigenvalue weighted by Gasteiger charge is 2.10. The van der Waals surface area contributed by atoms with Gasteiger partial charge < -0.3 is 10.1 Å². The Morgan fingerprint density at radius 3 is 2.94 bits per heavy atom. The summed E-state index contributed by atoms with van der Waals surface area (Å²) in [5.41, 5.74) is 1.10. The minimum absolute atomic E-state index is 0.204. The van der Waals surface area contributed by atoms with Crippen LogP contribution in [-0.4, -0.2) is 30.6 Å². The van der Waals surface area contributed by atoms with Crippen LogP contribution in [0.1, 0.15) is 12.0 Å². The molecule has 0 radical (unpaired) electrons. The van der Waals surface area contributed by atoms with Crippen molar-refractivity contribution in [3.63, 3.8) is 0 Å². The molecule has 16 heavy (non-hydrogen) atoms. The average Bonchev–Trinajstić information content (AvgIpc) is 2.23. The summed E-state index contributed by atoms with van der Waals surface area (Å²) >= 11 is 9.13. The Morgan fingerprint density at radius 2 is 2.38 bits per heavy atom. The monoisotopic (exact) mass is 306 g/mol. The highest BCUT2D eigenvalue weighted by atomic mass is 79.9. The second-order valence-corrected chi connectivity index (χ2v) is 4.89. The number of pyridine rings is 1. The topological polar surface area (TPSA) is 34.1 Å². The molecule has 1 rings (SSSR count). The Bertz CT molecular complexity index is 330. The summed E-state index contributed by atoms with van der Waals surface area (Å²) < 4.78 is 6.12. The number of anilines is 1. The van der Waals surface area contributed by atoms with Gasteiger partial charge in [-0.2, -0.15) is 0 Å². The Morgan fingerprint density at radius 1 is 1.62 bits per heavy atom. The number of aromatic nitrogens is 1. The second-order valence-electron chi connectivity index (χ2n) is 3.59. The van der Waals surface area contributed by atoms with E-state index in [-0.39, 0.29) is 6.04 Å². The molecule has 1 unspecified atom stereocenters. The first-order valence-electron chi connectivity index (χ1n) is 5.11. The summed E-state index contributed by atoms with van der Waals surface area (Å²) in [7, 11) is 1.69. The highest BCUT2D eigenvalue weighted by Crippen LogP contribution is 2.18. The molecule has 1 N–H and O–H groups in total. The second kappa shape index (κ2) is 7.09. The van der Waals surface area contributed by atoms with E-state index in [4.69, 9.17) is 16.3 Å². The maximum Gasteiger partial charge on any atom is 0.129 e. The van der Waals surface area contributed by atoms with Crippen LogP contribution in [0.3, 0.4) is 0 Å². The van der Waals surface area contributed by atoms with Crippen LogP contribution in [-0.2, 0) is 4.74 Å². The maximum atomic E-state index is 5.74. The first kappa shape index (κ1) is 13.7. The van der Waals surface area contributed by atoms with Crippen LogP contribution in [0.2, 0.25) is 0 Å². The number of hydrogen-bond acceptors (Lipinski definition) is 3. The lowest BCUT2D eigenvalue weighted by Gasteiger charge is -2.18. The summed E-state index contributed by atoms with van der Waals surface area (Å²) in [6.07, 6.45) is 2.63. The van der Waals surface area contributed by atoms with Crippen molar-refractivity contribution in [1.29, 1.82) is 0 Å². The number of nitrogens with zero attached hydrogens (tertiary/aromatic N) is 1. The number of alkyl halides is 1. The predicted molar refractivity (Wildman–Crippen MR) is 71.3 cm³/mol. The molecular weight excluding hydrogens is 291 g/mol. The lowest BCUT2D eigenvalue weighted by molar-refractivity contribution is 0.184. The number of nitrogens with one attached hydrogen (secondary N) is 1. The first-order valence-corrected chi connectivity index (χ1v) is 6.43. The molecular formula is C11H16BrClN2O. The van der Waals surface area contributed by atoms with E-state index in [0.29, 0.717) is 12.5 Å². The van der Waals surface area contributed by atoms with Gasteiger partial charge in [0.15, 0.2) is 0 Å². The summed E-state index contributed by atoms with van der Waals surface area (Å²) in [6.45, 7) is 2.65. The normalized spacial score (nSPS) is 12.5. The van der Waals surface area contributed by atoms with Crippen molar-refractivity contribution in [2.75, 3.05) is 24.9 Å². The first-order chi connectivity index (χ1) is 7.67. The van der Waals surface area contributed by atoms with Crippen LogP contribution >= 0.6 is 27.5 Å². The molecule has 1 heterocycles. The van der Waals surface area contributed by atoms with Gasteiger partial charge in [-0.05, 0) is 40.9 Å². The van der Waals surface area contributed by atoms with Gasteiger partial charge in [-0.1, -0.05) is 0 Å². The Balaban J connectivity index is 2.68. The van der Waals surface area contributed by atoms with Crippen molar-refractivity contribution in [3.8, 4) is 0 Å². The van der Waals surface area contributed by atoms with Crippen molar-refractivity contribution in [3.05, 3.63) is 22.3 Å².